The van der Waals surface area contributed by atoms with Gasteiger partial charge in [-0.05, 0) is 18.4 Å². The molecule has 5 heteroatoms. The van der Waals surface area contributed by atoms with Crippen molar-refractivity contribution in [3.8, 4) is 0 Å². The Balaban J connectivity index is 2.45. The van der Waals surface area contributed by atoms with E-state index in [1.54, 1.807) is 0 Å². The van der Waals surface area contributed by atoms with Gasteiger partial charge in [-0.3, -0.25) is 9.59 Å². The minimum atomic E-state index is -1.11. The monoisotopic (exact) mass is 213 g/mol. The summed E-state index contributed by atoms with van der Waals surface area (Å²) in [6.45, 7) is 1.82. The van der Waals surface area contributed by atoms with Gasteiger partial charge in [0.25, 0.3) is 0 Å². The molecule has 0 spiro atoms. The smallest absolute Gasteiger partial charge is 0.312 e. The number of carboxylic acid groups (broad SMARTS) is 1. The molecule has 1 rings (SSSR count). The summed E-state index contributed by atoms with van der Waals surface area (Å²) in [4.78, 5) is 22.3. The molecule has 2 N–H and O–H groups in total. The van der Waals surface area contributed by atoms with Crippen LogP contribution in [0.5, 0.6) is 0 Å². The van der Waals surface area contributed by atoms with Crippen molar-refractivity contribution in [2.75, 3.05) is 0 Å². The Labute approximate surface area is 85.6 Å². The quantitative estimate of drug-likeness (QED) is 0.743. The lowest BCUT2D eigenvalue weighted by atomic mass is 10.2. The molecule has 1 heterocycles. The molecule has 0 aliphatic carbocycles. The molecule has 0 aromatic carbocycles. The van der Waals surface area contributed by atoms with E-state index < -0.39 is 18.3 Å². The molecule has 0 fully saturated rings. The van der Waals surface area contributed by atoms with E-state index >= 15 is 0 Å². The molecule has 1 atom stereocenters. The van der Waals surface area contributed by atoms with Gasteiger partial charge in [-0.25, -0.2) is 0 Å². The zero-order chi connectivity index (χ0) is 10.6. The second-order valence-electron chi connectivity index (χ2n) is 2.88. The molecular weight excluding hydrogens is 202 g/mol. The summed E-state index contributed by atoms with van der Waals surface area (Å²) in [6.07, 6.45) is -0.476. The van der Waals surface area contributed by atoms with Crippen molar-refractivity contribution in [1.29, 1.82) is 0 Å². The number of hydrogen-bond acceptors (Lipinski definition) is 3. The lowest BCUT2D eigenvalue weighted by Crippen LogP contribution is -2.27. The SMILES string of the molecule is CC(NC(=O)CC(=O)O)c1cccs1. The van der Waals surface area contributed by atoms with Crippen LogP contribution in [0.1, 0.15) is 24.3 Å². The summed E-state index contributed by atoms with van der Waals surface area (Å²) in [5.41, 5.74) is 0. The van der Waals surface area contributed by atoms with Gasteiger partial charge in [0.15, 0.2) is 0 Å². The van der Waals surface area contributed by atoms with Gasteiger partial charge in [-0.1, -0.05) is 6.07 Å². The van der Waals surface area contributed by atoms with Crippen LogP contribution in [0.4, 0.5) is 0 Å². The van der Waals surface area contributed by atoms with Crippen molar-refractivity contribution in [2.24, 2.45) is 0 Å². The van der Waals surface area contributed by atoms with E-state index in [1.165, 1.54) is 11.3 Å². The van der Waals surface area contributed by atoms with Crippen molar-refractivity contribution in [3.05, 3.63) is 22.4 Å². The molecule has 1 amide bonds. The highest BCUT2D eigenvalue weighted by atomic mass is 32.1. The van der Waals surface area contributed by atoms with Crippen LogP contribution in [-0.4, -0.2) is 17.0 Å². The van der Waals surface area contributed by atoms with E-state index in [1.807, 2.05) is 24.4 Å². The predicted octanol–water partition coefficient (Wildman–Crippen LogP) is 1.40. The van der Waals surface area contributed by atoms with Crippen LogP contribution in [0.15, 0.2) is 17.5 Å². The number of rotatable bonds is 4. The second kappa shape index (κ2) is 4.76. The molecule has 0 aliphatic heterocycles. The van der Waals surface area contributed by atoms with Gasteiger partial charge in [0, 0.05) is 4.88 Å². The fraction of sp³-hybridized carbons (Fsp3) is 0.333. The number of hydrogen-bond donors (Lipinski definition) is 2. The van der Waals surface area contributed by atoms with Crippen LogP contribution < -0.4 is 5.32 Å². The summed E-state index contributed by atoms with van der Waals surface area (Å²) in [5.74, 6) is -1.57. The van der Waals surface area contributed by atoms with Crippen molar-refractivity contribution in [3.63, 3.8) is 0 Å². The number of amides is 1. The first kappa shape index (κ1) is 10.7. The maximum Gasteiger partial charge on any atom is 0.312 e. The minimum absolute atomic E-state index is 0.123. The average molecular weight is 213 g/mol. The highest BCUT2D eigenvalue weighted by Gasteiger charge is 2.12. The van der Waals surface area contributed by atoms with Gasteiger partial charge in [0.1, 0.15) is 6.42 Å². The molecule has 4 nitrogen and oxygen atoms in total. The van der Waals surface area contributed by atoms with E-state index in [2.05, 4.69) is 5.32 Å². The van der Waals surface area contributed by atoms with Gasteiger partial charge in [0.05, 0.1) is 6.04 Å². The van der Waals surface area contributed by atoms with Crippen LogP contribution in [0.3, 0.4) is 0 Å². The highest BCUT2D eigenvalue weighted by Crippen LogP contribution is 2.17. The summed E-state index contributed by atoms with van der Waals surface area (Å²) >= 11 is 1.53. The Bertz CT molecular complexity index is 321. The van der Waals surface area contributed by atoms with Crippen LogP contribution in [0.2, 0.25) is 0 Å². The standard InChI is InChI=1S/C9H11NO3S/c1-6(7-3-2-4-14-7)10-8(11)5-9(12)13/h2-4,6H,5H2,1H3,(H,10,11)(H,12,13). The van der Waals surface area contributed by atoms with Gasteiger partial charge in [-0.15, -0.1) is 11.3 Å². The number of carboxylic acids is 1. The topological polar surface area (TPSA) is 66.4 Å². The first-order valence-electron chi connectivity index (χ1n) is 4.14. The molecule has 0 saturated carbocycles. The van der Waals surface area contributed by atoms with Gasteiger partial charge < -0.3 is 10.4 Å². The molecule has 76 valence electrons. The van der Waals surface area contributed by atoms with Crippen molar-refractivity contribution in [1.82, 2.24) is 5.32 Å². The van der Waals surface area contributed by atoms with Gasteiger partial charge in [-0.2, -0.15) is 0 Å². The molecule has 0 aliphatic rings. The molecule has 0 saturated heterocycles. The first-order chi connectivity index (χ1) is 6.59. The van der Waals surface area contributed by atoms with E-state index in [-0.39, 0.29) is 6.04 Å². The summed E-state index contributed by atoms with van der Waals surface area (Å²) in [6, 6.07) is 3.66. The second-order valence-corrected chi connectivity index (χ2v) is 3.85. The number of carbonyl (C=O) groups is 2. The minimum Gasteiger partial charge on any atom is -0.481 e. The summed E-state index contributed by atoms with van der Waals surface area (Å²) < 4.78 is 0. The van der Waals surface area contributed by atoms with Crippen molar-refractivity contribution < 1.29 is 14.7 Å². The lowest BCUT2D eigenvalue weighted by molar-refractivity contribution is -0.140. The van der Waals surface area contributed by atoms with Crippen LogP contribution in [0, 0.1) is 0 Å². The Hall–Kier alpha value is -1.36. The molecule has 14 heavy (non-hydrogen) atoms. The zero-order valence-electron chi connectivity index (χ0n) is 7.69. The molecule has 0 bridgehead atoms. The van der Waals surface area contributed by atoms with Crippen LogP contribution in [-0.2, 0) is 9.59 Å². The van der Waals surface area contributed by atoms with E-state index in [9.17, 15) is 9.59 Å². The number of carbonyl (C=O) groups excluding carboxylic acids is 1. The van der Waals surface area contributed by atoms with Crippen LogP contribution in [0.25, 0.3) is 0 Å². The molecule has 1 aromatic rings. The van der Waals surface area contributed by atoms with Gasteiger partial charge >= 0.3 is 5.97 Å². The van der Waals surface area contributed by atoms with E-state index in [0.717, 1.165) is 4.88 Å². The molecule has 1 aromatic heterocycles. The number of thiophene rings is 1. The molecular formula is C9H11NO3S. The molecule has 0 radical (unpaired) electrons. The third-order valence-corrected chi connectivity index (χ3v) is 2.71. The van der Waals surface area contributed by atoms with E-state index in [4.69, 9.17) is 5.11 Å². The average Bonchev–Trinajstić information content (AvgIpc) is 2.53. The summed E-state index contributed by atoms with van der Waals surface area (Å²) in [7, 11) is 0. The fourth-order valence-corrected chi connectivity index (χ4v) is 1.77. The highest BCUT2D eigenvalue weighted by molar-refractivity contribution is 7.10. The Morgan fingerprint density at radius 2 is 2.36 bits per heavy atom. The molecule has 1 unspecified atom stereocenters. The predicted molar refractivity (Wildman–Crippen MR) is 53.1 cm³/mol. The zero-order valence-corrected chi connectivity index (χ0v) is 8.50. The maximum absolute atomic E-state index is 11.1. The normalized spacial score (nSPS) is 12.1. The summed E-state index contributed by atoms with van der Waals surface area (Å²) in [5, 5.41) is 12.9. The maximum atomic E-state index is 11.1. The Kier molecular flexibility index (Phi) is 3.64. The van der Waals surface area contributed by atoms with Crippen molar-refractivity contribution in [2.45, 2.75) is 19.4 Å². The largest absolute Gasteiger partial charge is 0.481 e. The Morgan fingerprint density at radius 3 is 2.86 bits per heavy atom. The third-order valence-electron chi connectivity index (χ3n) is 1.66. The lowest BCUT2D eigenvalue weighted by Gasteiger charge is -2.10. The fourth-order valence-electron chi connectivity index (χ4n) is 1.04. The van der Waals surface area contributed by atoms with Crippen molar-refractivity contribution >= 4 is 23.2 Å². The van der Waals surface area contributed by atoms with Gasteiger partial charge in [0.2, 0.25) is 5.91 Å². The number of nitrogens with one attached hydrogen (secondary N) is 1. The van der Waals surface area contributed by atoms with E-state index in [0.29, 0.717) is 0 Å². The number of aliphatic carboxylic acids is 1. The van der Waals surface area contributed by atoms with Crippen LogP contribution >= 0.6 is 11.3 Å². The Morgan fingerprint density at radius 1 is 1.64 bits per heavy atom. The first-order valence-corrected chi connectivity index (χ1v) is 5.02. The third kappa shape index (κ3) is 3.18.